The molecule has 1 aromatic rings. The van der Waals surface area contributed by atoms with Crippen LogP contribution in [-0.4, -0.2) is 35.5 Å². The number of hydrogen-bond donors (Lipinski definition) is 1. The largest absolute Gasteiger partial charge is 0.347 e. The number of hydrogen-bond acceptors (Lipinski definition) is 2. The maximum absolute atomic E-state index is 13.8. The fraction of sp³-hybridized carbons (Fsp3) is 0.562. The molecule has 1 aliphatic heterocycles. The van der Waals surface area contributed by atoms with Gasteiger partial charge < -0.3 is 10.2 Å². The molecule has 21 heavy (non-hydrogen) atoms. The third-order valence-corrected chi connectivity index (χ3v) is 4.55. The van der Waals surface area contributed by atoms with Crippen molar-refractivity contribution < 1.29 is 9.18 Å². The van der Waals surface area contributed by atoms with Gasteiger partial charge in [-0.25, -0.2) is 4.39 Å². The molecular formula is C16H22ClFN2O. The zero-order valence-electron chi connectivity index (χ0n) is 12.7. The van der Waals surface area contributed by atoms with Gasteiger partial charge in [0.25, 0.3) is 5.91 Å². The molecular weight excluding hydrogens is 291 g/mol. The Kier molecular flexibility index (Phi) is 4.89. The van der Waals surface area contributed by atoms with Crippen LogP contribution in [0.4, 0.5) is 4.39 Å². The van der Waals surface area contributed by atoms with Gasteiger partial charge in [-0.3, -0.25) is 4.79 Å². The number of carbonyl (C=O) groups excluding carboxylic acids is 1. The fourth-order valence-corrected chi connectivity index (χ4v) is 2.96. The van der Waals surface area contributed by atoms with Gasteiger partial charge in [0.1, 0.15) is 5.82 Å². The quantitative estimate of drug-likeness (QED) is 0.927. The Balaban J connectivity index is 2.06. The van der Waals surface area contributed by atoms with Crippen LogP contribution >= 0.6 is 11.6 Å². The van der Waals surface area contributed by atoms with E-state index in [0.29, 0.717) is 6.04 Å². The highest BCUT2D eigenvalue weighted by Gasteiger charge is 2.33. The predicted molar refractivity (Wildman–Crippen MR) is 83.2 cm³/mol. The van der Waals surface area contributed by atoms with Crippen LogP contribution < -0.4 is 5.32 Å². The summed E-state index contributed by atoms with van der Waals surface area (Å²) in [6.07, 6.45) is 1.70. The maximum Gasteiger partial charge on any atom is 0.256 e. The third kappa shape index (κ3) is 3.74. The van der Waals surface area contributed by atoms with E-state index in [9.17, 15) is 9.18 Å². The van der Waals surface area contributed by atoms with E-state index in [1.54, 1.807) is 0 Å². The van der Waals surface area contributed by atoms with Gasteiger partial charge in [-0.2, -0.15) is 0 Å². The molecule has 1 aromatic carbocycles. The van der Waals surface area contributed by atoms with Crippen molar-refractivity contribution in [2.75, 3.05) is 13.1 Å². The van der Waals surface area contributed by atoms with Gasteiger partial charge in [-0.15, -0.1) is 0 Å². The van der Waals surface area contributed by atoms with Crippen molar-refractivity contribution in [1.82, 2.24) is 10.2 Å². The highest BCUT2D eigenvalue weighted by atomic mass is 35.5. The molecule has 0 saturated carbocycles. The van der Waals surface area contributed by atoms with Crippen molar-refractivity contribution >= 4 is 17.5 Å². The topological polar surface area (TPSA) is 32.3 Å². The summed E-state index contributed by atoms with van der Waals surface area (Å²) in [6.45, 7) is 8.21. The maximum atomic E-state index is 13.8. The first kappa shape index (κ1) is 16.2. The highest BCUT2D eigenvalue weighted by molar-refractivity contribution is 6.33. The molecule has 0 aliphatic carbocycles. The molecule has 0 unspecified atom stereocenters. The van der Waals surface area contributed by atoms with Gasteiger partial charge in [0.2, 0.25) is 0 Å². The number of likely N-dealkylation sites (tertiary alicyclic amines) is 1. The van der Waals surface area contributed by atoms with Gasteiger partial charge in [0, 0.05) is 24.7 Å². The first-order chi connectivity index (χ1) is 9.82. The number of piperidine rings is 1. The second-order valence-electron chi connectivity index (χ2n) is 6.24. The summed E-state index contributed by atoms with van der Waals surface area (Å²) in [5.41, 5.74) is -0.375. The van der Waals surface area contributed by atoms with E-state index in [2.05, 4.69) is 24.1 Å². The number of amides is 1. The number of halogens is 2. The first-order valence-corrected chi connectivity index (χ1v) is 7.71. The van der Waals surface area contributed by atoms with Crippen molar-refractivity contribution in [2.45, 2.75) is 45.2 Å². The fourth-order valence-electron chi connectivity index (χ4n) is 2.71. The standard InChI is InChI=1S/C16H22ClFN2O/c1-11(2)20-9-7-16(3,8-10-20)19-15(21)14-12(17)5-4-6-13(14)18/h4-6,11H,7-10H2,1-3H3,(H,19,21). The lowest BCUT2D eigenvalue weighted by Gasteiger charge is -2.41. The van der Waals surface area contributed by atoms with Crippen LogP contribution in [0, 0.1) is 5.82 Å². The van der Waals surface area contributed by atoms with Gasteiger partial charge in [-0.1, -0.05) is 17.7 Å². The number of benzene rings is 1. The minimum Gasteiger partial charge on any atom is -0.347 e. The van der Waals surface area contributed by atoms with Crippen molar-refractivity contribution in [3.8, 4) is 0 Å². The normalized spacial score (nSPS) is 18.8. The number of nitrogens with one attached hydrogen (secondary N) is 1. The molecule has 116 valence electrons. The average molecular weight is 313 g/mol. The highest BCUT2D eigenvalue weighted by Crippen LogP contribution is 2.25. The molecule has 1 heterocycles. The summed E-state index contributed by atoms with van der Waals surface area (Å²) in [5.74, 6) is -1.01. The molecule has 0 spiro atoms. The van der Waals surface area contributed by atoms with Crippen LogP contribution in [0.25, 0.3) is 0 Å². The molecule has 1 aliphatic rings. The van der Waals surface area contributed by atoms with Crippen LogP contribution in [0.2, 0.25) is 5.02 Å². The van der Waals surface area contributed by atoms with E-state index >= 15 is 0 Å². The Morgan fingerprint density at radius 2 is 2.00 bits per heavy atom. The zero-order chi connectivity index (χ0) is 15.6. The molecule has 1 saturated heterocycles. The Labute approximate surface area is 130 Å². The molecule has 0 bridgehead atoms. The first-order valence-electron chi connectivity index (χ1n) is 7.33. The lowest BCUT2D eigenvalue weighted by molar-refractivity contribution is 0.0798. The average Bonchev–Trinajstić information content (AvgIpc) is 2.38. The van der Waals surface area contributed by atoms with Crippen LogP contribution in [0.15, 0.2) is 18.2 Å². The lowest BCUT2D eigenvalue weighted by atomic mass is 9.88. The number of carbonyl (C=O) groups is 1. The van der Waals surface area contributed by atoms with Crippen LogP contribution in [-0.2, 0) is 0 Å². The van der Waals surface area contributed by atoms with Crippen molar-refractivity contribution in [3.05, 3.63) is 34.6 Å². The molecule has 1 amide bonds. The molecule has 0 atom stereocenters. The van der Waals surface area contributed by atoms with Gasteiger partial charge in [0.05, 0.1) is 10.6 Å². The van der Waals surface area contributed by atoms with Gasteiger partial charge >= 0.3 is 0 Å². The molecule has 0 radical (unpaired) electrons. The van der Waals surface area contributed by atoms with Crippen LogP contribution in [0.5, 0.6) is 0 Å². The summed E-state index contributed by atoms with van der Waals surface area (Å²) in [5, 5.41) is 3.11. The summed E-state index contributed by atoms with van der Waals surface area (Å²) in [4.78, 5) is 14.7. The minimum atomic E-state index is -0.580. The minimum absolute atomic E-state index is 0.0633. The van der Waals surface area contributed by atoms with E-state index in [-0.39, 0.29) is 16.1 Å². The summed E-state index contributed by atoms with van der Waals surface area (Å²) < 4.78 is 13.8. The van der Waals surface area contributed by atoms with Crippen molar-refractivity contribution in [3.63, 3.8) is 0 Å². The van der Waals surface area contributed by atoms with Gasteiger partial charge in [0.15, 0.2) is 0 Å². The third-order valence-electron chi connectivity index (χ3n) is 4.24. The SMILES string of the molecule is CC(C)N1CCC(C)(NC(=O)c2c(F)cccc2Cl)CC1. The second-order valence-corrected chi connectivity index (χ2v) is 6.65. The Bertz CT molecular complexity index is 505. The Hall–Kier alpha value is -1.13. The molecule has 2 rings (SSSR count). The summed E-state index contributed by atoms with van der Waals surface area (Å²) in [7, 11) is 0. The number of nitrogens with zero attached hydrogens (tertiary/aromatic N) is 1. The summed E-state index contributed by atoms with van der Waals surface area (Å²) >= 11 is 5.94. The molecule has 0 aromatic heterocycles. The van der Waals surface area contributed by atoms with Gasteiger partial charge in [-0.05, 0) is 45.7 Å². The lowest BCUT2D eigenvalue weighted by Crippen LogP contribution is -2.54. The van der Waals surface area contributed by atoms with E-state index in [1.807, 2.05) is 6.92 Å². The van der Waals surface area contributed by atoms with E-state index in [4.69, 9.17) is 11.6 Å². The summed E-state index contributed by atoms with van der Waals surface area (Å²) in [6, 6.07) is 4.79. The molecule has 5 heteroatoms. The smallest absolute Gasteiger partial charge is 0.256 e. The monoisotopic (exact) mass is 312 g/mol. The Morgan fingerprint density at radius 1 is 1.38 bits per heavy atom. The molecule has 3 nitrogen and oxygen atoms in total. The zero-order valence-corrected chi connectivity index (χ0v) is 13.5. The molecule has 1 fully saturated rings. The predicted octanol–water partition coefficient (Wildman–Crippen LogP) is 3.47. The van der Waals surface area contributed by atoms with Crippen molar-refractivity contribution in [2.24, 2.45) is 0 Å². The van der Waals surface area contributed by atoms with E-state index in [0.717, 1.165) is 25.9 Å². The molecule has 1 N–H and O–H groups in total. The van der Waals surface area contributed by atoms with Crippen molar-refractivity contribution in [1.29, 1.82) is 0 Å². The second kappa shape index (κ2) is 6.32. The van der Waals surface area contributed by atoms with Crippen LogP contribution in [0.3, 0.4) is 0 Å². The van der Waals surface area contributed by atoms with Crippen LogP contribution in [0.1, 0.15) is 44.0 Å². The Morgan fingerprint density at radius 3 is 2.52 bits per heavy atom. The number of rotatable bonds is 3. The van der Waals surface area contributed by atoms with E-state index in [1.165, 1.54) is 18.2 Å². The van der Waals surface area contributed by atoms with E-state index < -0.39 is 11.7 Å².